The molecule has 0 aliphatic carbocycles. The summed E-state index contributed by atoms with van der Waals surface area (Å²) in [7, 11) is 0. The fourth-order valence-electron chi connectivity index (χ4n) is 4.06. The fraction of sp³-hybridized carbons (Fsp3) is 0.188. The van der Waals surface area contributed by atoms with Crippen LogP contribution < -0.4 is 0 Å². The van der Waals surface area contributed by atoms with Gasteiger partial charge in [-0.25, -0.2) is 4.79 Å². The van der Waals surface area contributed by atoms with Gasteiger partial charge in [0, 0.05) is 10.8 Å². The fourth-order valence-corrected chi connectivity index (χ4v) is 4.06. The molecule has 208 valence electrons. The summed E-state index contributed by atoms with van der Waals surface area (Å²) in [5, 5.41) is 46.6. The maximum Gasteiger partial charge on any atom is 0.373 e. The Morgan fingerprint density at radius 3 is 1.12 bits per heavy atom. The van der Waals surface area contributed by atoms with Crippen molar-refractivity contribution in [1.82, 2.24) is 0 Å². The quantitative estimate of drug-likeness (QED) is 0.206. The maximum atomic E-state index is 11.1. The molecule has 5 N–H and O–H groups in total. The molecule has 0 amide bonds. The highest BCUT2D eigenvalue weighted by Crippen LogP contribution is 2.35. The summed E-state index contributed by atoms with van der Waals surface area (Å²) in [6.45, 7) is 8.15. The number of hydrogen-bond donors (Lipinski definition) is 5. The topological polar surface area (TPSA) is 152 Å². The van der Waals surface area contributed by atoms with Gasteiger partial charge in [-0.05, 0) is 70.8 Å². The summed E-state index contributed by atoms with van der Waals surface area (Å²) < 4.78 is 0. The van der Waals surface area contributed by atoms with E-state index in [1.165, 1.54) is 12.1 Å². The number of aromatic hydroxyl groups is 4. The number of rotatable bonds is 5. The van der Waals surface area contributed by atoms with Crippen LogP contribution in [0, 0.1) is 0 Å². The zero-order valence-corrected chi connectivity index (χ0v) is 22.6. The summed E-state index contributed by atoms with van der Waals surface area (Å²) in [4.78, 5) is 27.3. The Balaban J connectivity index is 0.000000258. The van der Waals surface area contributed by atoms with E-state index in [0.717, 1.165) is 22.3 Å². The van der Waals surface area contributed by atoms with Crippen LogP contribution in [0.2, 0.25) is 0 Å². The lowest BCUT2D eigenvalue weighted by Crippen LogP contribution is -2.19. The summed E-state index contributed by atoms with van der Waals surface area (Å²) in [6, 6.07) is 25.8. The SMILES string of the molecule is CC(C)(c1ccc(O)cc1)c1ccc(O)c(C(=O)O)c1.CC(C)(c1ccc(O)cc1)c1ccc(O)cc1.O=C=O. The highest BCUT2D eigenvalue weighted by Gasteiger charge is 2.25. The maximum absolute atomic E-state index is 11.1. The van der Waals surface area contributed by atoms with Gasteiger partial charge in [-0.2, -0.15) is 9.59 Å². The van der Waals surface area contributed by atoms with E-state index in [2.05, 4.69) is 13.8 Å². The molecular weight excluding hydrogens is 512 g/mol. The molecule has 0 spiro atoms. The molecule has 4 rings (SSSR count). The van der Waals surface area contributed by atoms with Gasteiger partial charge >= 0.3 is 12.1 Å². The first-order valence-electron chi connectivity index (χ1n) is 12.2. The molecule has 0 atom stereocenters. The Morgan fingerprint density at radius 1 is 0.550 bits per heavy atom. The third-order valence-electron chi connectivity index (χ3n) is 6.72. The van der Waals surface area contributed by atoms with Gasteiger partial charge in [0.25, 0.3) is 0 Å². The van der Waals surface area contributed by atoms with Crippen molar-refractivity contribution in [3.05, 3.63) is 119 Å². The molecule has 0 radical (unpaired) electrons. The summed E-state index contributed by atoms with van der Waals surface area (Å²) in [5.41, 5.74) is 3.26. The van der Waals surface area contributed by atoms with Crippen LogP contribution in [0.4, 0.5) is 0 Å². The van der Waals surface area contributed by atoms with Gasteiger partial charge in [-0.1, -0.05) is 70.2 Å². The average molecular weight is 545 g/mol. The molecule has 0 saturated carbocycles. The van der Waals surface area contributed by atoms with Crippen LogP contribution in [0.15, 0.2) is 91.0 Å². The van der Waals surface area contributed by atoms with Gasteiger partial charge in [-0.15, -0.1) is 0 Å². The molecule has 0 heterocycles. The van der Waals surface area contributed by atoms with Gasteiger partial charge in [0.05, 0.1) is 0 Å². The Labute approximate surface area is 232 Å². The van der Waals surface area contributed by atoms with Crippen LogP contribution >= 0.6 is 0 Å². The van der Waals surface area contributed by atoms with Gasteiger partial charge in [0.1, 0.15) is 28.6 Å². The van der Waals surface area contributed by atoms with Crippen molar-refractivity contribution in [3.8, 4) is 23.0 Å². The lowest BCUT2D eigenvalue weighted by Gasteiger charge is -2.26. The molecule has 4 aromatic rings. The van der Waals surface area contributed by atoms with Crippen molar-refractivity contribution in [2.24, 2.45) is 0 Å². The second-order valence-electron chi connectivity index (χ2n) is 10.0. The van der Waals surface area contributed by atoms with Gasteiger partial charge in [-0.3, -0.25) is 0 Å². The molecule has 0 saturated heterocycles. The standard InChI is InChI=1S/C16H16O4.C15H16O2.CO2/c1-16(2,10-3-6-12(17)7-4-10)11-5-8-14(18)13(9-11)15(19)20;1-15(2,11-3-7-13(16)8-4-11)12-5-9-14(17)10-6-12;2-1-3/h3-9,17-18H,1-2H3,(H,19,20);3-10,16-17H,1-2H3;. The minimum Gasteiger partial charge on any atom is -0.508 e. The molecule has 0 unspecified atom stereocenters. The van der Waals surface area contributed by atoms with E-state index in [4.69, 9.17) is 14.7 Å². The van der Waals surface area contributed by atoms with Crippen LogP contribution in [0.5, 0.6) is 23.0 Å². The Bertz CT molecular complexity index is 1400. The third kappa shape index (κ3) is 7.72. The number of carbonyl (C=O) groups excluding carboxylic acids is 2. The van der Waals surface area contributed by atoms with Crippen LogP contribution in [0.25, 0.3) is 0 Å². The van der Waals surface area contributed by atoms with Gasteiger partial charge < -0.3 is 25.5 Å². The van der Waals surface area contributed by atoms with Crippen molar-refractivity contribution in [3.63, 3.8) is 0 Å². The molecule has 0 fully saturated rings. The average Bonchev–Trinajstić information content (AvgIpc) is 2.90. The second-order valence-corrected chi connectivity index (χ2v) is 10.0. The first kappa shape index (κ1) is 31.1. The van der Waals surface area contributed by atoms with E-state index in [9.17, 15) is 25.2 Å². The number of phenols is 4. The zero-order chi connectivity index (χ0) is 30.1. The van der Waals surface area contributed by atoms with E-state index in [0.29, 0.717) is 0 Å². The first-order valence-corrected chi connectivity index (χ1v) is 12.2. The number of aromatic carboxylic acids is 1. The predicted octanol–water partition coefficient (Wildman–Crippen LogP) is 5.96. The molecule has 0 bridgehead atoms. The largest absolute Gasteiger partial charge is 0.508 e. The molecular formula is C32H32O8. The number of phenolic OH excluding ortho intramolecular Hbond substituents is 3. The minimum absolute atomic E-state index is 0.116. The molecule has 0 aliphatic rings. The zero-order valence-electron chi connectivity index (χ0n) is 22.6. The Morgan fingerprint density at radius 2 is 0.825 bits per heavy atom. The van der Waals surface area contributed by atoms with Gasteiger partial charge in [0.2, 0.25) is 0 Å². The predicted molar refractivity (Wildman–Crippen MR) is 149 cm³/mol. The van der Waals surface area contributed by atoms with Crippen molar-refractivity contribution in [2.75, 3.05) is 0 Å². The summed E-state index contributed by atoms with van der Waals surface area (Å²) in [6.07, 6.45) is 0.250. The monoisotopic (exact) mass is 544 g/mol. The first-order chi connectivity index (χ1) is 18.7. The highest BCUT2D eigenvalue weighted by molar-refractivity contribution is 5.91. The lowest BCUT2D eigenvalue weighted by atomic mass is 9.77. The van der Waals surface area contributed by atoms with E-state index < -0.39 is 11.4 Å². The third-order valence-corrected chi connectivity index (χ3v) is 6.72. The van der Waals surface area contributed by atoms with E-state index in [1.54, 1.807) is 54.6 Å². The van der Waals surface area contributed by atoms with E-state index >= 15 is 0 Å². The van der Waals surface area contributed by atoms with E-state index in [-0.39, 0.29) is 40.1 Å². The van der Waals surface area contributed by atoms with Crippen LogP contribution in [0.1, 0.15) is 60.3 Å². The van der Waals surface area contributed by atoms with Gasteiger partial charge in [0.15, 0.2) is 0 Å². The molecule has 8 heteroatoms. The van der Waals surface area contributed by atoms with Crippen LogP contribution in [-0.4, -0.2) is 37.7 Å². The Hall–Kier alpha value is -5.07. The summed E-state index contributed by atoms with van der Waals surface area (Å²) in [5.74, 6) is -0.680. The molecule has 0 aliphatic heterocycles. The normalized spacial score (nSPS) is 10.7. The number of hydrogen-bond acceptors (Lipinski definition) is 7. The highest BCUT2D eigenvalue weighted by atomic mass is 16.4. The number of carboxylic acid groups (broad SMARTS) is 1. The minimum atomic E-state index is -1.16. The molecule has 0 aromatic heterocycles. The summed E-state index contributed by atoms with van der Waals surface area (Å²) >= 11 is 0. The number of carbonyl (C=O) groups is 1. The van der Waals surface area contributed by atoms with Crippen molar-refractivity contribution < 1.29 is 39.9 Å². The molecule has 4 aromatic carbocycles. The smallest absolute Gasteiger partial charge is 0.373 e. The molecule has 40 heavy (non-hydrogen) atoms. The lowest BCUT2D eigenvalue weighted by molar-refractivity contribution is -0.191. The molecule has 8 nitrogen and oxygen atoms in total. The van der Waals surface area contributed by atoms with Crippen molar-refractivity contribution in [2.45, 2.75) is 38.5 Å². The number of carboxylic acids is 1. The number of benzene rings is 4. The van der Waals surface area contributed by atoms with Crippen LogP contribution in [-0.2, 0) is 20.4 Å². The van der Waals surface area contributed by atoms with Crippen molar-refractivity contribution in [1.29, 1.82) is 0 Å². The Kier molecular flexibility index (Phi) is 10.2. The van der Waals surface area contributed by atoms with Crippen molar-refractivity contribution >= 4 is 12.1 Å². The second kappa shape index (κ2) is 13.1. The van der Waals surface area contributed by atoms with Crippen LogP contribution in [0.3, 0.4) is 0 Å². The van der Waals surface area contributed by atoms with E-state index in [1.807, 2.05) is 38.1 Å².